The highest BCUT2D eigenvalue weighted by molar-refractivity contribution is 8.00. The molecule has 0 bridgehead atoms. The van der Waals surface area contributed by atoms with Gasteiger partial charge in [-0.05, 0) is 31.2 Å². The van der Waals surface area contributed by atoms with Gasteiger partial charge in [0.1, 0.15) is 0 Å². The van der Waals surface area contributed by atoms with Crippen molar-refractivity contribution in [3.63, 3.8) is 0 Å². The van der Waals surface area contributed by atoms with E-state index in [2.05, 4.69) is 17.4 Å². The van der Waals surface area contributed by atoms with Gasteiger partial charge < -0.3 is 5.32 Å². The Bertz CT molecular complexity index is 545. The number of benzene rings is 2. The fourth-order valence-electron chi connectivity index (χ4n) is 1.76. The highest BCUT2D eigenvalue weighted by atomic mass is 32.2. The first-order chi connectivity index (χ1) is 10.3. The number of rotatable bonds is 7. The Labute approximate surface area is 134 Å². The summed E-state index contributed by atoms with van der Waals surface area (Å²) in [5.74, 6) is 0.982. The van der Waals surface area contributed by atoms with Gasteiger partial charge in [-0.3, -0.25) is 4.79 Å². The van der Waals surface area contributed by atoms with Gasteiger partial charge in [0, 0.05) is 22.1 Å². The number of hydrogen-bond donors (Lipinski definition) is 1. The maximum absolute atomic E-state index is 12.0. The molecule has 0 fully saturated rings. The van der Waals surface area contributed by atoms with Crippen molar-refractivity contribution in [1.29, 1.82) is 0 Å². The average Bonchev–Trinajstić information content (AvgIpc) is 2.53. The highest BCUT2D eigenvalue weighted by Crippen LogP contribution is 2.22. The van der Waals surface area contributed by atoms with E-state index in [0.717, 1.165) is 10.6 Å². The summed E-state index contributed by atoms with van der Waals surface area (Å²) in [6, 6.07) is 20.2. The molecule has 2 nitrogen and oxygen atoms in total. The van der Waals surface area contributed by atoms with Crippen molar-refractivity contribution < 1.29 is 4.79 Å². The van der Waals surface area contributed by atoms with Crippen LogP contribution in [0.25, 0.3) is 0 Å². The smallest absolute Gasteiger partial charge is 0.233 e. The SMILES string of the molecule is C[C@@H](Sc1ccccc1)C(=O)NCCSc1ccccc1. The van der Waals surface area contributed by atoms with Crippen LogP contribution in [0.15, 0.2) is 70.5 Å². The molecule has 0 unspecified atom stereocenters. The van der Waals surface area contributed by atoms with E-state index in [0.29, 0.717) is 6.54 Å². The molecule has 0 radical (unpaired) electrons. The predicted octanol–water partition coefficient (Wildman–Crippen LogP) is 4.08. The molecule has 2 aromatic carbocycles. The highest BCUT2D eigenvalue weighted by Gasteiger charge is 2.13. The fourth-order valence-corrected chi connectivity index (χ4v) is 3.46. The molecule has 0 saturated heterocycles. The molecule has 0 aromatic heterocycles. The first-order valence-corrected chi connectivity index (χ1v) is 8.79. The van der Waals surface area contributed by atoms with Crippen LogP contribution in [0.4, 0.5) is 0 Å². The molecule has 0 spiro atoms. The normalized spacial score (nSPS) is 11.9. The summed E-state index contributed by atoms with van der Waals surface area (Å²) in [6.45, 7) is 2.63. The summed E-state index contributed by atoms with van der Waals surface area (Å²) in [6.07, 6.45) is 0. The van der Waals surface area contributed by atoms with Gasteiger partial charge in [0.15, 0.2) is 0 Å². The number of amides is 1. The van der Waals surface area contributed by atoms with Crippen LogP contribution < -0.4 is 5.32 Å². The lowest BCUT2D eigenvalue weighted by Gasteiger charge is -2.11. The average molecular weight is 317 g/mol. The third-order valence-electron chi connectivity index (χ3n) is 2.84. The van der Waals surface area contributed by atoms with Gasteiger partial charge in [-0.25, -0.2) is 0 Å². The van der Waals surface area contributed by atoms with E-state index in [-0.39, 0.29) is 11.2 Å². The van der Waals surface area contributed by atoms with Gasteiger partial charge in [-0.2, -0.15) is 0 Å². The Morgan fingerprint density at radius 3 is 2.19 bits per heavy atom. The van der Waals surface area contributed by atoms with Gasteiger partial charge in [-0.15, -0.1) is 23.5 Å². The first kappa shape index (κ1) is 16.0. The predicted molar refractivity (Wildman–Crippen MR) is 91.9 cm³/mol. The minimum absolute atomic E-state index is 0.0749. The standard InChI is InChI=1S/C17H19NOS2/c1-14(21-16-10-6-3-7-11-16)17(19)18-12-13-20-15-8-4-2-5-9-15/h2-11,14H,12-13H2,1H3,(H,18,19)/t14-/m1/s1. The molecule has 1 amide bonds. The van der Waals surface area contributed by atoms with Gasteiger partial charge in [-0.1, -0.05) is 36.4 Å². The van der Waals surface area contributed by atoms with E-state index in [1.54, 1.807) is 23.5 Å². The second kappa shape index (κ2) is 8.80. The Hall–Kier alpha value is -1.39. The van der Waals surface area contributed by atoms with Crippen molar-refractivity contribution in [2.24, 2.45) is 0 Å². The lowest BCUT2D eigenvalue weighted by atomic mass is 10.4. The monoisotopic (exact) mass is 317 g/mol. The molecule has 0 heterocycles. The lowest BCUT2D eigenvalue weighted by Crippen LogP contribution is -2.32. The van der Waals surface area contributed by atoms with Gasteiger partial charge >= 0.3 is 0 Å². The molecule has 4 heteroatoms. The largest absolute Gasteiger partial charge is 0.354 e. The maximum Gasteiger partial charge on any atom is 0.233 e. The molecule has 2 aromatic rings. The minimum atomic E-state index is -0.0749. The van der Waals surface area contributed by atoms with E-state index < -0.39 is 0 Å². The van der Waals surface area contributed by atoms with Gasteiger partial charge in [0.2, 0.25) is 5.91 Å². The third-order valence-corrected chi connectivity index (χ3v) is 4.96. The summed E-state index contributed by atoms with van der Waals surface area (Å²) in [7, 11) is 0. The number of thioether (sulfide) groups is 2. The molecular formula is C17H19NOS2. The Morgan fingerprint density at radius 2 is 1.57 bits per heavy atom. The van der Waals surface area contributed by atoms with Crippen LogP contribution >= 0.6 is 23.5 Å². The zero-order valence-corrected chi connectivity index (χ0v) is 13.6. The van der Waals surface area contributed by atoms with Crippen LogP contribution in [0.2, 0.25) is 0 Å². The summed E-state index contributed by atoms with van der Waals surface area (Å²) in [5, 5.41) is 2.92. The van der Waals surface area contributed by atoms with Crippen molar-refractivity contribution in [2.75, 3.05) is 12.3 Å². The second-order valence-electron chi connectivity index (χ2n) is 4.53. The lowest BCUT2D eigenvalue weighted by molar-refractivity contribution is -0.120. The summed E-state index contributed by atoms with van der Waals surface area (Å²) < 4.78 is 0. The summed E-state index contributed by atoms with van der Waals surface area (Å²) >= 11 is 3.34. The number of carbonyl (C=O) groups is 1. The van der Waals surface area contributed by atoms with Crippen LogP contribution in [-0.4, -0.2) is 23.5 Å². The second-order valence-corrected chi connectivity index (χ2v) is 7.11. The van der Waals surface area contributed by atoms with E-state index in [9.17, 15) is 4.79 Å². The quantitative estimate of drug-likeness (QED) is 0.616. The van der Waals surface area contributed by atoms with Crippen LogP contribution in [0.1, 0.15) is 6.92 Å². The van der Waals surface area contributed by atoms with Crippen LogP contribution in [0.3, 0.4) is 0 Å². The van der Waals surface area contributed by atoms with Crippen LogP contribution in [0, 0.1) is 0 Å². The molecule has 0 aliphatic rings. The molecule has 0 aliphatic heterocycles. The topological polar surface area (TPSA) is 29.1 Å². The van der Waals surface area contributed by atoms with E-state index in [4.69, 9.17) is 0 Å². The van der Waals surface area contributed by atoms with E-state index >= 15 is 0 Å². The van der Waals surface area contributed by atoms with E-state index in [1.807, 2.05) is 55.5 Å². The van der Waals surface area contributed by atoms with Crippen LogP contribution in [0.5, 0.6) is 0 Å². The minimum Gasteiger partial charge on any atom is -0.354 e. The number of nitrogens with one attached hydrogen (secondary N) is 1. The fraction of sp³-hybridized carbons (Fsp3) is 0.235. The summed E-state index contributed by atoms with van der Waals surface area (Å²) in [5.41, 5.74) is 0. The van der Waals surface area contributed by atoms with Gasteiger partial charge in [0.05, 0.1) is 5.25 Å². The molecule has 2 rings (SSSR count). The Morgan fingerprint density at radius 1 is 1.00 bits per heavy atom. The Kier molecular flexibility index (Phi) is 6.70. The van der Waals surface area contributed by atoms with Crippen LogP contribution in [-0.2, 0) is 4.79 Å². The van der Waals surface area contributed by atoms with Crippen molar-refractivity contribution >= 4 is 29.4 Å². The molecular weight excluding hydrogens is 298 g/mol. The van der Waals surface area contributed by atoms with E-state index in [1.165, 1.54) is 4.90 Å². The molecule has 21 heavy (non-hydrogen) atoms. The third kappa shape index (κ3) is 5.86. The first-order valence-electron chi connectivity index (χ1n) is 6.93. The number of hydrogen-bond acceptors (Lipinski definition) is 3. The maximum atomic E-state index is 12.0. The molecule has 110 valence electrons. The Balaban J connectivity index is 1.67. The molecule has 0 aliphatic carbocycles. The zero-order chi connectivity index (χ0) is 14.9. The van der Waals surface area contributed by atoms with Gasteiger partial charge in [0.25, 0.3) is 0 Å². The number of carbonyl (C=O) groups excluding carboxylic acids is 1. The summed E-state index contributed by atoms with van der Waals surface area (Å²) in [4.78, 5) is 14.4. The van der Waals surface area contributed by atoms with Crippen molar-refractivity contribution in [2.45, 2.75) is 22.0 Å². The molecule has 0 saturated carbocycles. The van der Waals surface area contributed by atoms with Crippen molar-refractivity contribution in [3.05, 3.63) is 60.7 Å². The molecule has 1 N–H and O–H groups in total. The zero-order valence-electron chi connectivity index (χ0n) is 12.0. The molecule has 1 atom stereocenters. The van der Waals surface area contributed by atoms with Crippen molar-refractivity contribution in [3.8, 4) is 0 Å². The van der Waals surface area contributed by atoms with Crippen molar-refractivity contribution in [1.82, 2.24) is 5.32 Å².